The second kappa shape index (κ2) is 5.87. The monoisotopic (exact) mass is 383 g/mol. The number of halogens is 4. The molecule has 0 saturated heterocycles. The van der Waals surface area contributed by atoms with Crippen LogP contribution in [0.5, 0.6) is 0 Å². The van der Waals surface area contributed by atoms with Crippen LogP contribution < -0.4 is 5.73 Å². The summed E-state index contributed by atoms with van der Waals surface area (Å²) < 4.78 is 50.0. The molecule has 0 saturated carbocycles. The molecule has 0 spiro atoms. The Balaban J connectivity index is 2.22. The summed E-state index contributed by atoms with van der Waals surface area (Å²) in [7, 11) is 0. The van der Waals surface area contributed by atoms with Crippen LogP contribution in [-0.4, -0.2) is 22.5 Å². The minimum absolute atomic E-state index is 0.292. The molecular formula is C18H17ClF3N3O. The van der Waals surface area contributed by atoms with E-state index in [9.17, 15) is 4.39 Å². The Bertz CT molecular complexity index is 901. The van der Waals surface area contributed by atoms with Crippen molar-refractivity contribution in [2.45, 2.75) is 37.8 Å². The molecule has 8 heteroatoms. The van der Waals surface area contributed by atoms with E-state index in [1.54, 1.807) is 6.07 Å². The van der Waals surface area contributed by atoms with Crippen LogP contribution in [0.2, 0.25) is 5.02 Å². The minimum atomic E-state index is -3.53. The zero-order valence-electron chi connectivity index (χ0n) is 14.4. The average Bonchev–Trinajstić information content (AvgIpc) is 2.53. The lowest BCUT2D eigenvalue weighted by Gasteiger charge is -2.46. The molecule has 1 aromatic heterocycles. The van der Waals surface area contributed by atoms with Crippen LogP contribution in [0, 0.1) is 5.82 Å². The largest absolute Gasteiger partial charge is 0.453 e. The third kappa shape index (κ3) is 2.70. The number of ether oxygens (including phenoxy) is 1. The first-order valence-electron chi connectivity index (χ1n) is 7.81. The normalized spacial score (nSPS) is 23.9. The van der Waals surface area contributed by atoms with Crippen molar-refractivity contribution in [3.8, 4) is 11.1 Å². The first-order valence-corrected chi connectivity index (χ1v) is 8.19. The topological polar surface area (TPSA) is 60.5 Å². The van der Waals surface area contributed by atoms with E-state index in [2.05, 4.69) is 9.98 Å². The summed E-state index contributed by atoms with van der Waals surface area (Å²) in [6.07, 6.45) is 2.95. The Kier molecular flexibility index (Phi) is 4.18. The first-order chi connectivity index (χ1) is 12.0. The van der Waals surface area contributed by atoms with Crippen LogP contribution in [-0.2, 0) is 10.3 Å². The molecule has 0 fully saturated rings. The van der Waals surface area contributed by atoms with Crippen molar-refractivity contribution in [2.24, 2.45) is 10.7 Å². The molecule has 0 bridgehead atoms. The van der Waals surface area contributed by atoms with Crippen molar-refractivity contribution < 1.29 is 17.9 Å². The summed E-state index contributed by atoms with van der Waals surface area (Å²) in [4.78, 5) is 7.75. The van der Waals surface area contributed by atoms with Gasteiger partial charge in [-0.05, 0) is 44.5 Å². The fourth-order valence-electron chi connectivity index (χ4n) is 3.10. The number of nitrogens with two attached hydrogens (primary N) is 1. The Morgan fingerprint density at radius 1 is 1.08 bits per heavy atom. The second-order valence-corrected chi connectivity index (χ2v) is 7.23. The zero-order chi connectivity index (χ0) is 19.3. The number of alkyl halides is 2. The summed E-state index contributed by atoms with van der Waals surface area (Å²) in [6.45, 7) is 3.52. The summed E-state index contributed by atoms with van der Waals surface area (Å²) in [5, 5.41) is 0.374. The van der Waals surface area contributed by atoms with E-state index in [-0.39, 0.29) is 5.56 Å². The SMILES string of the molecule is CC1(C)OC(N)=N[C@](C)(c2cc(-c3cncc(Cl)c3)ccc2F)C1(F)F. The van der Waals surface area contributed by atoms with Crippen LogP contribution in [0.15, 0.2) is 41.7 Å². The van der Waals surface area contributed by atoms with Gasteiger partial charge in [-0.1, -0.05) is 17.7 Å². The van der Waals surface area contributed by atoms with Crippen LogP contribution in [0.1, 0.15) is 26.3 Å². The van der Waals surface area contributed by atoms with Gasteiger partial charge in [-0.2, -0.15) is 8.78 Å². The van der Waals surface area contributed by atoms with Gasteiger partial charge in [0.25, 0.3) is 6.02 Å². The Labute approximate surface area is 153 Å². The quantitative estimate of drug-likeness (QED) is 0.829. The Hall–Kier alpha value is -2.28. The molecule has 138 valence electrons. The van der Waals surface area contributed by atoms with E-state index >= 15 is 8.78 Å². The lowest BCUT2D eigenvalue weighted by molar-refractivity contribution is -0.207. The lowest BCUT2D eigenvalue weighted by atomic mass is 9.76. The van der Waals surface area contributed by atoms with Gasteiger partial charge in [0.2, 0.25) is 0 Å². The molecule has 0 aliphatic carbocycles. The molecular weight excluding hydrogens is 367 g/mol. The highest BCUT2D eigenvalue weighted by Crippen LogP contribution is 2.52. The lowest BCUT2D eigenvalue weighted by Crippen LogP contribution is -2.62. The fourth-order valence-corrected chi connectivity index (χ4v) is 3.28. The number of hydrogen-bond acceptors (Lipinski definition) is 4. The molecule has 2 N–H and O–H groups in total. The van der Waals surface area contributed by atoms with Gasteiger partial charge in [0, 0.05) is 23.5 Å². The molecule has 4 nitrogen and oxygen atoms in total. The zero-order valence-corrected chi connectivity index (χ0v) is 15.1. The Morgan fingerprint density at radius 2 is 1.77 bits per heavy atom. The predicted octanol–water partition coefficient (Wildman–Crippen LogP) is 4.52. The highest BCUT2D eigenvalue weighted by atomic mass is 35.5. The van der Waals surface area contributed by atoms with E-state index < -0.39 is 28.9 Å². The van der Waals surface area contributed by atoms with Gasteiger partial charge in [-0.3, -0.25) is 4.98 Å². The molecule has 1 aliphatic heterocycles. The highest BCUT2D eigenvalue weighted by Gasteiger charge is 2.66. The summed E-state index contributed by atoms with van der Waals surface area (Å²) in [5.74, 6) is -4.35. The number of nitrogens with zero attached hydrogens (tertiary/aromatic N) is 2. The third-order valence-corrected chi connectivity index (χ3v) is 4.80. The van der Waals surface area contributed by atoms with E-state index in [0.29, 0.717) is 16.1 Å². The van der Waals surface area contributed by atoms with E-state index in [0.717, 1.165) is 13.0 Å². The molecule has 26 heavy (non-hydrogen) atoms. The van der Waals surface area contributed by atoms with Gasteiger partial charge in [0.15, 0.2) is 11.1 Å². The summed E-state index contributed by atoms with van der Waals surface area (Å²) in [5.41, 5.74) is 2.15. The molecule has 0 unspecified atom stereocenters. The van der Waals surface area contributed by atoms with Gasteiger partial charge < -0.3 is 10.5 Å². The standard InChI is InChI=1S/C18H17ClF3N3O/c1-16(2)18(21,22)17(3,25-15(23)26-16)13-7-10(4-5-14(13)20)11-6-12(19)9-24-8-11/h4-9H,1-3H3,(H2,23,25)/t17-/m1/s1. The van der Waals surface area contributed by atoms with E-state index in [1.807, 2.05) is 0 Å². The second-order valence-electron chi connectivity index (χ2n) is 6.80. The van der Waals surface area contributed by atoms with Gasteiger partial charge in [0.05, 0.1) is 5.02 Å². The van der Waals surface area contributed by atoms with Gasteiger partial charge in [0.1, 0.15) is 5.82 Å². The fraction of sp³-hybridized carbons (Fsp3) is 0.333. The molecule has 3 rings (SSSR count). The number of hydrogen-bond donors (Lipinski definition) is 1. The van der Waals surface area contributed by atoms with Gasteiger partial charge in [-0.25, -0.2) is 9.38 Å². The van der Waals surface area contributed by atoms with Crippen molar-refractivity contribution >= 4 is 17.6 Å². The average molecular weight is 384 g/mol. The van der Waals surface area contributed by atoms with Crippen molar-refractivity contribution in [1.29, 1.82) is 0 Å². The number of pyridine rings is 1. The molecule has 1 aliphatic rings. The van der Waals surface area contributed by atoms with E-state index in [1.165, 1.54) is 38.4 Å². The molecule has 0 radical (unpaired) electrons. The summed E-state index contributed by atoms with van der Waals surface area (Å²) >= 11 is 5.93. The maximum absolute atomic E-state index is 15.2. The van der Waals surface area contributed by atoms with Crippen molar-refractivity contribution in [3.63, 3.8) is 0 Å². The third-order valence-electron chi connectivity index (χ3n) is 4.59. The number of aromatic nitrogens is 1. The number of aliphatic imine (C=N–C) groups is 1. The van der Waals surface area contributed by atoms with Crippen molar-refractivity contribution in [2.75, 3.05) is 0 Å². The van der Waals surface area contributed by atoms with Crippen LogP contribution in [0.25, 0.3) is 11.1 Å². The van der Waals surface area contributed by atoms with Crippen LogP contribution in [0.3, 0.4) is 0 Å². The Morgan fingerprint density at radius 3 is 2.42 bits per heavy atom. The van der Waals surface area contributed by atoms with Crippen LogP contribution >= 0.6 is 11.6 Å². The number of benzene rings is 1. The van der Waals surface area contributed by atoms with Crippen molar-refractivity contribution in [1.82, 2.24) is 4.98 Å². The molecule has 0 amide bonds. The number of rotatable bonds is 2. The maximum atomic E-state index is 15.2. The van der Waals surface area contributed by atoms with Gasteiger partial charge in [-0.15, -0.1) is 0 Å². The smallest absolute Gasteiger partial charge is 0.315 e. The minimum Gasteiger partial charge on any atom is -0.453 e. The maximum Gasteiger partial charge on any atom is 0.315 e. The molecule has 1 atom stereocenters. The number of amidine groups is 1. The molecule has 2 aromatic rings. The molecule has 1 aromatic carbocycles. The van der Waals surface area contributed by atoms with Crippen molar-refractivity contribution in [3.05, 3.63) is 53.1 Å². The highest BCUT2D eigenvalue weighted by molar-refractivity contribution is 6.30. The summed E-state index contributed by atoms with van der Waals surface area (Å²) in [6, 6.07) is 5.08. The molecule has 2 heterocycles. The van der Waals surface area contributed by atoms with Crippen LogP contribution in [0.4, 0.5) is 13.2 Å². The van der Waals surface area contributed by atoms with E-state index in [4.69, 9.17) is 22.1 Å². The first kappa shape index (κ1) is 18.5. The predicted molar refractivity (Wildman–Crippen MR) is 93.7 cm³/mol. The van der Waals surface area contributed by atoms with Gasteiger partial charge >= 0.3 is 5.92 Å².